The molecule has 1 aliphatic heterocycles. The average molecular weight is 570 g/mol. The Hall–Kier alpha value is -3.80. The van der Waals surface area contributed by atoms with Crippen LogP contribution in [0.2, 0.25) is 5.02 Å². The Morgan fingerprint density at radius 3 is 2.75 bits per heavy atom. The molecule has 5 rings (SSSR count). The number of anilines is 1. The molecule has 0 saturated heterocycles. The van der Waals surface area contributed by atoms with E-state index in [0.717, 1.165) is 5.56 Å². The van der Waals surface area contributed by atoms with Crippen molar-refractivity contribution >= 4 is 29.4 Å². The monoisotopic (exact) mass is 569 g/mol. The van der Waals surface area contributed by atoms with Gasteiger partial charge in [-0.3, -0.25) is 9.59 Å². The van der Waals surface area contributed by atoms with E-state index < -0.39 is 30.4 Å². The number of carbonyl (C=O) groups excluding carboxylic acids is 2. The molecular weight excluding hydrogens is 541 g/mol. The third-order valence-corrected chi connectivity index (χ3v) is 7.56. The molecule has 10 nitrogen and oxygen atoms in total. The highest BCUT2D eigenvalue weighted by Crippen LogP contribution is 2.33. The van der Waals surface area contributed by atoms with Crippen LogP contribution in [-0.2, 0) is 11.3 Å². The number of aromatic nitrogens is 2. The van der Waals surface area contributed by atoms with Gasteiger partial charge in [0.25, 0.3) is 5.91 Å². The van der Waals surface area contributed by atoms with Gasteiger partial charge in [0, 0.05) is 29.8 Å². The molecule has 2 atom stereocenters. The fourth-order valence-electron chi connectivity index (χ4n) is 4.88. The molecule has 2 amide bonds. The van der Waals surface area contributed by atoms with Gasteiger partial charge in [0.2, 0.25) is 11.9 Å². The third-order valence-electron chi connectivity index (χ3n) is 7.28. The Morgan fingerprint density at radius 2 is 2.05 bits per heavy atom. The smallest absolute Gasteiger partial charge is 0.255 e. The predicted molar refractivity (Wildman–Crippen MR) is 145 cm³/mol. The molecule has 4 N–H and O–H groups in total. The minimum Gasteiger partial charge on any atom is -0.497 e. The maximum Gasteiger partial charge on any atom is 0.255 e. The van der Waals surface area contributed by atoms with Gasteiger partial charge >= 0.3 is 0 Å². The number of hydrogen-bond acceptors (Lipinski definition) is 8. The Kier molecular flexibility index (Phi) is 7.88. The SMILES string of the molecule is COc1cc(F)cc(C(CO)NC(=O)C(C)N2Cc3ccc(-c4nc(N[C@H]5C[C@H](O)C5)ncc4Cl)cc3C2=O)c1. The molecule has 210 valence electrons. The van der Waals surface area contributed by atoms with E-state index in [1.54, 1.807) is 19.1 Å². The van der Waals surface area contributed by atoms with E-state index in [2.05, 4.69) is 20.6 Å². The number of ether oxygens (including phenoxy) is 1. The summed E-state index contributed by atoms with van der Waals surface area (Å²) in [5.41, 5.74) is 2.58. The van der Waals surface area contributed by atoms with Crippen molar-refractivity contribution in [2.75, 3.05) is 19.0 Å². The van der Waals surface area contributed by atoms with Crippen LogP contribution < -0.4 is 15.4 Å². The zero-order valence-electron chi connectivity index (χ0n) is 21.9. The first-order chi connectivity index (χ1) is 19.2. The maximum absolute atomic E-state index is 14.0. The molecule has 2 unspecified atom stereocenters. The molecule has 0 spiro atoms. The summed E-state index contributed by atoms with van der Waals surface area (Å²) >= 11 is 6.40. The van der Waals surface area contributed by atoms with Gasteiger partial charge in [0.05, 0.1) is 42.8 Å². The van der Waals surface area contributed by atoms with E-state index >= 15 is 0 Å². The number of rotatable bonds is 9. The number of methoxy groups -OCH3 is 1. The van der Waals surface area contributed by atoms with Gasteiger partial charge < -0.3 is 30.5 Å². The second kappa shape index (κ2) is 11.4. The van der Waals surface area contributed by atoms with Gasteiger partial charge in [-0.05, 0) is 49.1 Å². The normalized spacial score (nSPS) is 19.4. The van der Waals surface area contributed by atoms with Gasteiger partial charge in [-0.25, -0.2) is 14.4 Å². The second-order valence-corrected chi connectivity index (χ2v) is 10.4. The topological polar surface area (TPSA) is 137 Å². The van der Waals surface area contributed by atoms with Crippen molar-refractivity contribution in [3.05, 3.63) is 70.1 Å². The van der Waals surface area contributed by atoms with Crippen LogP contribution in [0.3, 0.4) is 0 Å². The molecule has 12 heteroatoms. The van der Waals surface area contributed by atoms with E-state index in [9.17, 15) is 24.2 Å². The van der Waals surface area contributed by atoms with Crippen LogP contribution in [0.15, 0.2) is 42.6 Å². The standard InChI is InChI=1S/C28H29ClFN5O5/c1-14(26(38)33-24(13-36)17-5-18(30)8-21(6-17)40-2)35-12-16-4-3-15(7-22(16)27(35)39)25-23(29)11-31-28(34-25)32-19-9-20(37)10-19/h3-8,11,14,19-20,24,36-37H,9-10,12-13H2,1-2H3,(H,33,38)(H,31,32,34)/t14?,19-,20-,24?. The molecule has 3 aromatic rings. The van der Waals surface area contributed by atoms with Crippen molar-refractivity contribution < 1.29 is 28.9 Å². The van der Waals surface area contributed by atoms with Crippen LogP contribution in [0, 0.1) is 5.82 Å². The fraction of sp³-hybridized carbons (Fsp3) is 0.357. The van der Waals surface area contributed by atoms with E-state index in [4.69, 9.17) is 16.3 Å². The molecule has 1 aliphatic carbocycles. The third kappa shape index (κ3) is 5.58. The number of hydrogen-bond donors (Lipinski definition) is 4. The number of carbonyl (C=O) groups is 2. The summed E-state index contributed by atoms with van der Waals surface area (Å²) in [4.78, 5) is 36.7. The molecule has 2 aromatic carbocycles. The van der Waals surface area contributed by atoms with Crippen LogP contribution in [0.1, 0.15) is 47.3 Å². The fourth-order valence-corrected chi connectivity index (χ4v) is 5.08. The number of benzene rings is 2. The lowest BCUT2D eigenvalue weighted by atomic mass is 9.90. The van der Waals surface area contributed by atoms with E-state index in [-0.39, 0.29) is 30.3 Å². The number of halogens is 2. The lowest BCUT2D eigenvalue weighted by Crippen LogP contribution is -2.46. The summed E-state index contributed by atoms with van der Waals surface area (Å²) in [6.45, 7) is 1.34. The molecule has 40 heavy (non-hydrogen) atoms. The van der Waals surface area contributed by atoms with Crippen molar-refractivity contribution in [3.8, 4) is 17.0 Å². The van der Waals surface area contributed by atoms with Crippen molar-refractivity contribution in [3.63, 3.8) is 0 Å². The minimum absolute atomic E-state index is 0.0835. The molecule has 0 radical (unpaired) electrons. The zero-order valence-corrected chi connectivity index (χ0v) is 22.7. The Labute approximate surface area is 235 Å². The Balaban J connectivity index is 1.31. The van der Waals surface area contributed by atoms with Crippen LogP contribution in [0.4, 0.5) is 10.3 Å². The number of aliphatic hydroxyl groups is 2. The van der Waals surface area contributed by atoms with Crippen molar-refractivity contribution in [2.45, 2.75) is 50.5 Å². The van der Waals surface area contributed by atoms with Crippen LogP contribution in [-0.4, -0.2) is 68.8 Å². The Bertz CT molecular complexity index is 1450. The number of nitrogens with zero attached hydrogens (tertiary/aromatic N) is 3. The summed E-state index contributed by atoms with van der Waals surface area (Å²) < 4.78 is 19.1. The lowest BCUT2D eigenvalue weighted by molar-refractivity contribution is -0.126. The van der Waals surface area contributed by atoms with Crippen LogP contribution in [0.5, 0.6) is 5.75 Å². The van der Waals surface area contributed by atoms with E-state index in [0.29, 0.717) is 46.2 Å². The first-order valence-electron chi connectivity index (χ1n) is 12.8. The number of aliphatic hydroxyl groups excluding tert-OH is 2. The molecule has 1 fully saturated rings. The summed E-state index contributed by atoms with van der Waals surface area (Å²) in [5, 5.41) is 25.6. The Morgan fingerprint density at radius 1 is 1.27 bits per heavy atom. The molecular formula is C28H29ClFN5O5. The predicted octanol–water partition coefficient (Wildman–Crippen LogP) is 3.07. The van der Waals surface area contributed by atoms with Gasteiger partial charge in [0.1, 0.15) is 17.6 Å². The van der Waals surface area contributed by atoms with Gasteiger partial charge in [0.15, 0.2) is 0 Å². The molecule has 0 bridgehead atoms. The first-order valence-corrected chi connectivity index (χ1v) is 13.2. The van der Waals surface area contributed by atoms with Gasteiger partial charge in [-0.2, -0.15) is 0 Å². The van der Waals surface area contributed by atoms with Gasteiger partial charge in [-0.1, -0.05) is 23.7 Å². The summed E-state index contributed by atoms with van der Waals surface area (Å²) in [7, 11) is 1.39. The molecule has 1 aromatic heterocycles. The highest BCUT2D eigenvalue weighted by molar-refractivity contribution is 6.33. The zero-order chi connectivity index (χ0) is 28.6. The average Bonchev–Trinajstić information content (AvgIpc) is 3.26. The van der Waals surface area contributed by atoms with Crippen molar-refractivity contribution in [1.82, 2.24) is 20.2 Å². The number of fused-ring (bicyclic) bond motifs is 1. The number of nitrogens with one attached hydrogen (secondary N) is 2. The van der Waals surface area contributed by atoms with Crippen molar-refractivity contribution in [1.29, 1.82) is 0 Å². The van der Waals surface area contributed by atoms with E-state index in [1.807, 2.05) is 6.07 Å². The second-order valence-electron chi connectivity index (χ2n) is 10.0. The maximum atomic E-state index is 14.0. The summed E-state index contributed by atoms with van der Waals surface area (Å²) in [6, 6.07) is 7.57. The van der Waals surface area contributed by atoms with Gasteiger partial charge in [-0.15, -0.1) is 0 Å². The summed E-state index contributed by atoms with van der Waals surface area (Å²) in [6.07, 6.45) is 2.40. The molecule has 1 saturated carbocycles. The molecule has 2 heterocycles. The van der Waals surface area contributed by atoms with Crippen molar-refractivity contribution in [2.24, 2.45) is 0 Å². The lowest BCUT2D eigenvalue weighted by Gasteiger charge is -2.31. The summed E-state index contributed by atoms with van der Waals surface area (Å²) in [5.74, 6) is -0.766. The molecule has 2 aliphatic rings. The number of amides is 2. The highest BCUT2D eigenvalue weighted by Gasteiger charge is 2.35. The van der Waals surface area contributed by atoms with E-state index in [1.165, 1.54) is 36.4 Å². The van der Waals surface area contributed by atoms with Crippen LogP contribution >= 0.6 is 11.6 Å². The largest absolute Gasteiger partial charge is 0.497 e. The quantitative estimate of drug-likeness (QED) is 0.309. The first kappa shape index (κ1) is 27.8. The van der Waals surface area contributed by atoms with Crippen LogP contribution in [0.25, 0.3) is 11.3 Å². The minimum atomic E-state index is -0.892. The highest BCUT2D eigenvalue weighted by atomic mass is 35.5.